The highest BCUT2D eigenvalue weighted by atomic mass is 32.1. The highest BCUT2D eigenvalue weighted by Crippen LogP contribution is 2.33. The first kappa shape index (κ1) is 14.4. The molecule has 1 aliphatic rings. The molecule has 0 radical (unpaired) electrons. The van der Waals surface area contributed by atoms with E-state index in [0.717, 1.165) is 41.7 Å². The van der Waals surface area contributed by atoms with Gasteiger partial charge in [-0.15, -0.1) is 11.3 Å². The molecule has 1 saturated heterocycles. The lowest BCUT2D eigenvalue weighted by atomic mass is 10.1. The van der Waals surface area contributed by atoms with Crippen LogP contribution >= 0.6 is 11.3 Å². The van der Waals surface area contributed by atoms with Gasteiger partial charge in [-0.1, -0.05) is 12.1 Å². The van der Waals surface area contributed by atoms with Crippen molar-refractivity contribution < 1.29 is 9.53 Å². The second-order valence-electron chi connectivity index (χ2n) is 5.55. The molecule has 2 aromatic rings. The number of nitrogens with one attached hydrogen (secondary N) is 1. The number of benzene rings is 1. The number of esters is 1. The van der Waals surface area contributed by atoms with Gasteiger partial charge in [-0.25, -0.2) is 4.79 Å². The van der Waals surface area contributed by atoms with Crippen LogP contribution in [-0.4, -0.2) is 44.2 Å². The summed E-state index contributed by atoms with van der Waals surface area (Å²) in [7, 11) is 3.59. The van der Waals surface area contributed by atoms with Crippen molar-refractivity contribution in [3.63, 3.8) is 0 Å². The summed E-state index contributed by atoms with van der Waals surface area (Å²) in [4.78, 5) is 14.7. The summed E-state index contributed by atoms with van der Waals surface area (Å²) >= 11 is 1.50. The maximum atomic E-state index is 11.7. The molecule has 0 saturated carbocycles. The third-order valence-corrected chi connectivity index (χ3v) is 5.17. The predicted molar refractivity (Wildman–Crippen MR) is 87.3 cm³/mol. The summed E-state index contributed by atoms with van der Waals surface area (Å²) in [5.41, 5.74) is 1.13. The zero-order valence-corrected chi connectivity index (χ0v) is 13.2. The molecule has 21 heavy (non-hydrogen) atoms. The van der Waals surface area contributed by atoms with Crippen molar-refractivity contribution >= 4 is 33.1 Å². The molecule has 3 rings (SSSR count). The number of carbonyl (C=O) groups excluding carboxylic acids is 1. The first-order chi connectivity index (χ1) is 10.2. The molecule has 4 nitrogen and oxygen atoms in total. The van der Waals surface area contributed by atoms with Gasteiger partial charge in [0, 0.05) is 6.04 Å². The van der Waals surface area contributed by atoms with Crippen LogP contribution in [0, 0.1) is 0 Å². The normalized spacial score (nSPS) is 17.0. The molecule has 1 N–H and O–H groups in total. The second-order valence-corrected chi connectivity index (χ2v) is 6.60. The fraction of sp³-hybridized carbons (Fsp3) is 0.438. The maximum Gasteiger partial charge on any atom is 0.348 e. The number of anilines is 1. The van der Waals surface area contributed by atoms with Gasteiger partial charge in [0.25, 0.3) is 0 Å². The summed E-state index contributed by atoms with van der Waals surface area (Å²) in [6.45, 7) is 2.26. The predicted octanol–water partition coefficient (Wildman–Crippen LogP) is 3.19. The number of piperidine rings is 1. The number of likely N-dealkylation sites (tertiary alicyclic amines) is 1. The van der Waals surface area contributed by atoms with E-state index in [4.69, 9.17) is 4.74 Å². The Morgan fingerprint density at radius 2 is 2.14 bits per heavy atom. The van der Waals surface area contributed by atoms with Crippen LogP contribution in [-0.2, 0) is 4.74 Å². The van der Waals surface area contributed by atoms with Crippen molar-refractivity contribution in [3.8, 4) is 0 Å². The van der Waals surface area contributed by atoms with Gasteiger partial charge in [0.1, 0.15) is 4.88 Å². The van der Waals surface area contributed by atoms with Crippen LogP contribution in [0.4, 0.5) is 5.69 Å². The largest absolute Gasteiger partial charge is 0.465 e. The molecule has 1 fully saturated rings. The zero-order valence-electron chi connectivity index (χ0n) is 12.4. The Kier molecular flexibility index (Phi) is 4.12. The van der Waals surface area contributed by atoms with E-state index in [-0.39, 0.29) is 5.97 Å². The summed E-state index contributed by atoms with van der Waals surface area (Å²) in [5.74, 6) is -0.263. The first-order valence-corrected chi connectivity index (χ1v) is 8.05. The Morgan fingerprint density at radius 3 is 2.86 bits per heavy atom. The standard InChI is InChI=1S/C16H20N2O2S/c1-18-8-6-12(7-9-18)17-13-5-3-4-11-10-14(16(19)20-2)21-15(11)13/h3-5,10,12,17H,6-9H2,1-2H3. The van der Waals surface area contributed by atoms with E-state index in [9.17, 15) is 4.79 Å². The maximum absolute atomic E-state index is 11.7. The lowest BCUT2D eigenvalue weighted by Crippen LogP contribution is -2.36. The van der Waals surface area contributed by atoms with Crippen LogP contribution in [0.1, 0.15) is 22.5 Å². The SMILES string of the molecule is COC(=O)c1cc2cccc(NC3CCN(C)CC3)c2s1. The molecule has 2 heterocycles. The average molecular weight is 304 g/mol. The fourth-order valence-corrected chi connectivity index (χ4v) is 3.80. The fourth-order valence-electron chi connectivity index (χ4n) is 2.75. The molecule has 1 aromatic heterocycles. The number of methoxy groups -OCH3 is 1. The number of nitrogens with zero attached hydrogens (tertiary/aromatic N) is 1. The number of rotatable bonds is 3. The first-order valence-electron chi connectivity index (χ1n) is 7.23. The van der Waals surface area contributed by atoms with Gasteiger partial charge >= 0.3 is 5.97 Å². The van der Waals surface area contributed by atoms with E-state index in [1.807, 2.05) is 18.2 Å². The number of thiophene rings is 1. The van der Waals surface area contributed by atoms with E-state index in [2.05, 4.69) is 23.3 Å². The highest BCUT2D eigenvalue weighted by molar-refractivity contribution is 7.21. The minimum absolute atomic E-state index is 0.263. The Bertz CT molecular complexity index is 645. The third-order valence-electron chi connectivity index (χ3n) is 4.01. The molecule has 0 bridgehead atoms. The van der Waals surface area contributed by atoms with Gasteiger partial charge in [0.2, 0.25) is 0 Å². The van der Waals surface area contributed by atoms with E-state index in [0.29, 0.717) is 10.9 Å². The molecule has 0 atom stereocenters. The van der Waals surface area contributed by atoms with E-state index >= 15 is 0 Å². The Morgan fingerprint density at radius 1 is 1.38 bits per heavy atom. The summed E-state index contributed by atoms with van der Waals surface area (Å²) < 4.78 is 5.95. The van der Waals surface area contributed by atoms with Crippen LogP contribution in [0.2, 0.25) is 0 Å². The molecular weight excluding hydrogens is 284 g/mol. The zero-order chi connectivity index (χ0) is 14.8. The van der Waals surface area contributed by atoms with Gasteiger partial charge in [0.15, 0.2) is 0 Å². The van der Waals surface area contributed by atoms with Crippen LogP contribution in [0.3, 0.4) is 0 Å². The van der Waals surface area contributed by atoms with Crippen molar-refractivity contribution in [2.45, 2.75) is 18.9 Å². The molecule has 0 spiro atoms. The van der Waals surface area contributed by atoms with Crippen LogP contribution in [0.25, 0.3) is 10.1 Å². The van der Waals surface area contributed by atoms with Crippen molar-refractivity contribution in [1.29, 1.82) is 0 Å². The van der Waals surface area contributed by atoms with Crippen molar-refractivity contribution in [2.24, 2.45) is 0 Å². The molecule has 0 amide bonds. The van der Waals surface area contributed by atoms with E-state index < -0.39 is 0 Å². The smallest absolute Gasteiger partial charge is 0.348 e. The number of carbonyl (C=O) groups is 1. The molecule has 5 heteroatoms. The van der Waals surface area contributed by atoms with Gasteiger partial charge in [-0.2, -0.15) is 0 Å². The Labute approximate surface area is 128 Å². The number of hydrogen-bond donors (Lipinski definition) is 1. The number of ether oxygens (including phenoxy) is 1. The van der Waals surface area contributed by atoms with Crippen molar-refractivity contribution in [2.75, 3.05) is 32.6 Å². The summed E-state index contributed by atoms with van der Waals surface area (Å²) in [5, 5.41) is 4.74. The molecular formula is C16H20N2O2S. The van der Waals surface area contributed by atoms with E-state index in [1.165, 1.54) is 18.4 Å². The van der Waals surface area contributed by atoms with Crippen LogP contribution in [0.5, 0.6) is 0 Å². The minimum Gasteiger partial charge on any atom is -0.465 e. The number of fused-ring (bicyclic) bond motifs is 1. The van der Waals surface area contributed by atoms with Gasteiger partial charge < -0.3 is 15.0 Å². The van der Waals surface area contributed by atoms with Gasteiger partial charge in [-0.05, 0) is 50.5 Å². The summed E-state index contributed by atoms with van der Waals surface area (Å²) in [6.07, 6.45) is 2.31. The van der Waals surface area contributed by atoms with Crippen LogP contribution < -0.4 is 5.32 Å². The minimum atomic E-state index is -0.263. The average Bonchev–Trinajstić information content (AvgIpc) is 2.94. The number of hydrogen-bond acceptors (Lipinski definition) is 5. The lowest BCUT2D eigenvalue weighted by Gasteiger charge is -2.30. The molecule has 1 aliphatic heterocycles. The van der Waals surface area contributed by atoms with Gasteiger partial charge in [-0.3, -0.25) is 0 Å². The topological polar surface area (TPSA) is 41.6 Å². The van der Waals surface area contributed by atoms with Crippen LogP contribution in [0.15, 0.2) is 24.3 Å². The summed E-state index contributed by atoms with van der Waals surface area (Å²) in [6, 6.07) is 8.59. The monoisotopic (exact) mass is 304 g/mol. The Hall–Kier alpha value is -1.59. The quantitative estimate of drug-likeness (QED) is 0.884. The lowest BCUT2D eigenvalue weighted by molar-refractivity contribution is 0.0606. The molecule has 1 aromatic carbocycles. The van der Waals surface area contributed by atoms with E-state index in [1.54, 1.807) is 0 Å². The third kappa shape index (κ3) is 3.04. The van der Waals surface area contributed by atoms with Gasteiger partial charge in [0.05, 0.1) is 17.5 Å². The molecule has 112 valence electrons. The molecule has 0 unspecified atom stereocenters. The van der Waals surface area contributed by atoms with Crippen molar-refractivity contribution in [3.05, 3.63) is 29.1 Å². The van der Waals surface area contributed by atoms with Crippen molar-refractivity contribution in [1.82, 2.24) is 4.90 Å². The second kappa shape index (κ2) is 6.03. The molecule has 0 aliphatic carbocycles. The Balaban J connectivity index is 1.84. The highest BCUT2D eigenvalue weighted by Gasteiger charge is 2.18.